The van der Waals surface area contributed by atoms with Crippen molar-refractivity contribution in [2.75, 3.05) is 51.7 Å². The van der Waals surface area contributed by atoms with Gasteiger partial charge in [-0.25, -0.2) is 14.4 Å². The highest BCUT2D eigenvalue weighted by Crippen LogP contribution is 2.32. The van der Waals surface area contributed by atoms with E-state index in [1.54, 1.807) is 33.7 Å². The Bertz CT molecular complexity index is 1770. The van der Waals surface area contributed by atoms with Crippen LogP contribution in [0.4, 0.5) is 20.3 Å². The van der Waals surface area contributed by atoms with Crippen LogP contribution in [-0.4, -0.2) is 104 Å². The fourth-order valence-electron chi connectivity index (χ4n) is 5.86. The zero-order valence-corrected chi connectivity index (χ0v) is 24.8. The van der Waals surface area contributed by atoms with Gasteiger partial charge in [0.05, 0.1) is 25.1 Å². The second-order valence-corrected chi connectivity index (χ2v) is 11.2. The number of anilines is 2. The Morgan fingerprint density at radius 3 is 2.56 bits per heavy atom. The van der Waals surface area contributed by atoms with E-state index in [2.05, 4.69) is 20.6 Å². The van der Waals surface area contributed by atoms with Crippen molar-refractivity contribution < 1.29 is 33.3 Å². The number of carbonyl (C=O) groups excluding carboxylic acids is 2. The summed E-state index contributed by atoms with van der Waals surface area (Å²) in [4.78, 5) is 38.3. The van der Waals surface area contributed by atoms with Gasteiger partial charge in [0.1, 0.15) is 0 Å². The van der Waals surface area contributed by atoms with Crippen LogP contribution in [-0.2, 0) is 4.79 Å². The number of ether oxygens (including phenoxy) is 1. The molecule has 236 valence electrons. The minimum Gasteiger partial charge on any atom is -0.494 e. The molecule has 45 heavy (non-hydrogen) atoms. The minimum absolute atomic E-state index is 0.0151. The molecule has 2 aromatic heterocycles. The molecule has 4 aromatic rings. The molecule has 2 aromatic carbocycles. The summed E-state index contributed by atoms with van der Waals surface area (Å²) in [5.41, 5.74) is 0.701. The monoisotopic (exact) mass is 621 g/mol. The fraction of sp³-hybridized carbons (Fsp3) is 0.355. The molecule has 2 fully saturated rings. The highest BCUT2D eigenvalue weighted by Gasteiger charge is 2.47. The van der Waals surface area contributed by atoms with Gasteiger partial charge in [-0.15, -0.1) is 0 Å². The normalized spacial score (nSPS) is 20.4. The highest BCUT2D eigenvalue weighted by atomic mass is 19.2. The van der Waals surface area contributed by atoms with E-state index in [1.807, 2.05) is 6.92 Å². The quantitative estimate of drug-likeness (QED) is 0.255. The molecule has 6 rings (SSSR count). The molecule has 0 aliphatic carbocycles. The van der Waals surface area contributed by atoms with Gasteiger partial charge in [0.15, 0.2) is 28.6 Å². The van der Waals surface area contributed by atoms with E-state index in [-0.39, 0.29) is 56.4 Å². The van der Waals surface area contributed by atoms with Crippen LogP contribution in [0.2, 0.25) is 0 Å². The number of aromatic nitrogens is 3. The summed E-state index contributed by atoms with van der Waals surface area (Å²) in [6, 6.07) is 8.01. The molecule has 14 heteroatoms. The first-order valence-corrected chi connectivity index (χ1v) is 14.5. The van der Waals surface area contributed by atoms with Gasteiger partial charge in [-0.1, -0.05) is 0 Å². The number of nitrogens with one attached hydrogen (secondary N) is 2. The van der Waals surface area contributed by atoms with E-state index >= 15 is 0 Å². The van der Waals surface area contributed by atoms with Crippen molar-refractivity contribution in [3.8, 4) is 17.0 Å². The molecule has 2 amide bonds. The van der Waals surface area contributed by atoms with Crippen molar-refractivity contribution in [3.05, 3.63) is 71.7 Å². The van der Waals surface area contributed by atoms with E-state index in [0.717, 1.165) is 0 Å². The number of piperazine rings is 1. The van der Waals surface area contributed by atoms with Gasteiger partial charge in [-0.05, 0) is 55.8 Å². The summed E-state index contributed by atoms with van der Waals surface area (Å²) in [7, 11) is 1.26. The number of aryl methyl sites for hydroxylation is 1. The van der Waals surface area contributed by atoms with Crippen molar-refractivity contribution in [1.29, 1.82) is 0 Å². The Hall–Kier alpha value is -4.66. The molecule has 4 N–H and O–H groups in total. The molecule has 2 saturated heterocycles. The van der Waals surface area contributed by atoms with Crippen molar-refractivity contribution in [2.45, 2.75) is 25.0 Å². The Labute approximate surface area is 257 Å². The van der Waals surface area contributed by atoms with Crippen molar-refractivity contribution in [3.63, 3.8) is 0 Å². The van der Waals surface area contributed by atoms with Gasteiger partial charge in [0.2, 0.25) is 5.82 Å². The summed E-state index contributed by atoms with van der Waals surface area (Å²) in [5.74, 6) is -2.68. The summed E-state index contributed by atoms with van der Waals surface area (Å²) in [5, 5.41) is 27.2. The number of hydrogen-bond acceptors (Lipinski definition) is 9. The lowest BCUT2D eigenvalue weighted by Crippen LogP contribution is -2.66. The zero-order chi connectivity index (χ0) is 31.9. The van der Waals surface area contributed by atoms with Crippen molar-refractivity contribution >= 4 is 29.0 Å². The number of carbonyl (C=O) groups is 2. The standard InChI is InChI=1S/C31H33F2N7O5/c1-18-15-19(37-27-28-36-16-22(40(28)10-9-35-27)21-5-6-23(45-2)26(33)25(21)32)3-4-20(18)29(42)38-11-13-39(14-12-38)30(43)31(44)17-34-8-7-24(31)41/h3-6,9-10,15-16,24,34,41,44H,7-8,11-14,17H2,1-2H3,(H,35,37)/t24-,31+/m1/s1. The molecule has 0 unspecified atom stereocenters. The predicted octanol–water partition coefficient (Wildman–Crippen LogP) is 2.10. The number of nitrogens with zero attached hydrogens (tertiary/aromatic N) is 5. The summed E-state index contributed by atoms with van der Waals surface area (Å²) in [6.07, 6.45) is 3.68. The minimum atomic E-state index is -1.87. The first kappa shape index (κ1) is 30.4. The average Bonchev–Trinajstić information content (AvgIpc) is 3.48. The van der Waals surface area contributed by atoms with Gasteiger partial charge >= 0.3 is 0 Å². The molecular formula is C31H33F2N7O5. The van der Waals surface area contributed by atoms with Crippen LogP contribution in [0.1, 0.15) is 22.3 Å². The number of piperidine rings is 1. The lowest BCUT2D eigenvalue weighted by Gasteiger charge is -2.42. The predicted molar refractivity (Wildman–Crippen MR) is 160 cm³/mol. The number of benzene rings is 2. The van der Waals surface area contributed by atoms with Crippen LogP contribution >= 0.6 is 0 Å². The maximum absolute atomic E-state index is 14.8. The largest absolute Gasteiger partial charge is 0.494 e. The molecule has 2 aliphatic rings. The number of imidazole rings is 1. The molecule has 0 spiro atoms. The number of aliphatic hydroxyl groups is 2. The van der Waals surface area contributed by atoms with Crippen LogP contribution in [0.25, 0.3) is 16.9 Å². The van der Waals surface area contributed by atoms with Crippen LogP contribution in [0.15, 0.2) is 48.9 Å². The second-order valence-electron chi connectivity index (χ2n) is 11.2. The second kappa shape index (κ2) is 12.0. The maximum Gasteiger partial charge on any atom is 0.258 e. The Kier molecular flexibility index (Phi) is 8.12. The van der Waals surface area contributed by atoms with Crippen LogP contribution in [0, 0.1) is 18.6 Å². The third-order valence-corrected chi connectivity index (χ3v) is 8.46. The molecule has 2 atom stereocenters. The third kappa shape index (κ3) is 5.45. The van der Waals surface area contributed by atoms with Crippen LogP contribution in [0.5, 0.6) is 5.75 Å². The van der Waals surface area contributed by atoms with Crippen molar-refractivity contribution in [1.82, 2.24) is 29.5 Å². The molecule has 2 aliphatic heterocycles. The smallest absolute Gasteiger partial charge is 0.258 e. The number of amides is 2. The summed E-state index contributed by atoms with van der Waals surface area (Å²) >= 11 is 0. The van der Waals surface area contributed by atoms with E-state index in [4.69, 9.17) is 4.74 Å². The molecule has 12 nitrogen and oxygen atoms in total. The van der Waals surface area contributed by atoms with E-state index in [9.17, 15) is 28.6 Å². The Morgan fingerprint density at radius 1 is 1.09 bits per heavy atom. The zero-order valence-electron chi connectivity index (χ0n) is 24.8. The lowest BCUT2D eigenvalue weighted by molar-refractivity contribution is -0.168. The van der Waals surface area contributed by atoms with Crippen LogP contribution < -0.4 is 15.4 Å². The van der Waals surface area contributed by atoms with Gasteiger partial charge in [-0.3, -0.25) is 14.0 Å². The summed E-state index contributed by atoms with van der Waals surface area (Å²) in [6.45, 7) is 3.39. The number of aliphatic hydroxyl groups excluding tert-OH is 1. The molecule has 0 radical (unpaired) electrons. The number of hydrogen-bond donors (Lipinski definition) is 4. The average molecular weight is 622 g/mol. The van der Waals surface area contributed by atoms with E-state index in [0.29, 0.717) is 40.5 Å². The summed E-state index contributed by atoms with van der Waals surface area (Å²) < 4.78 is 35.7. The number of fused-ring (bicyclic) bond motifs is 1. The van der Waals surface area contributed by atoms with Gasteiger partial charge in [0, 0.05) is 61.9 Å². The van der Waals surface area contributed by atoms with Gasteiger partial charge in [-0.2, -0.15) is 4.39 Å². The van der Waals surface area contributed by atoms with E-state index in [1.165, 1.54) is 36.5 Å². The van der Waals surface area contributed by atoms with Gasteiger partial charge < -0.3 is 35.4 Å². The Morgan fingerprint density at radius 2 is 1.84 bits per heavy atom. The molecule has 4 heterocycles. The first-order chi connectivity index (χ1) is 21.6. The number of β-amino-alcohol motifs (C(OH)–C–C–N with tert-alkyl or cyclic N) is 1. The van der Waals surface area contributed by atoms with Crippen LogP contribution in [0.3, 0.4) is 0 Å². The van der Waals surface area contributed by atoms with Crippen molar-refractivity contribution in [2.24, 2.45) is 0 Å². The topological polar surface area (TPSA) is 145 Å². The number of methoxy groups -OCH3 is 1. The van der Waals surface area contributed by atoms with E-state index < -0.39 is 29.2 Å². The maximum atomic E-state index is 14.8. The first-order valence-electron chi connectivity index (χ1n) is 14.5. The SMILES string of the molecule is COc1ccc(-c2cnc3c(Nc4ccc(C(=O)N5CCN(C(=O)[C@]6(O)CNCC[C@H]6O)CC5)c(C)c4)nccn23)c(F)c1F. The third-order valence-electron chi connectivity index (χ3n) is 8.46. The molecule has 0 bridgehead atoms. The molecular weight excluding hydrogens is 588 g/mol. The highest BCUT2D eigenvalue weighted by molar-refractivity contribution is 5.96. The number of rotatable bonds is 6. The fourth-order valence-corrected chi connectivity index (χ4v) is 5.86. The van der Waals surface area contributed by atoms with Gasteiger partial charge in [0.25, 0.3) is 11.8 Å². The lowest BCUT2D eigenvalue weighted by atomic mass is 9.89. The molecule has 0 saturated carbocycles. The Balaban J connectivity index is 1.15. The number of halogens is 2.